The quantitative estimate of drug-likeness (QED) is 0.0883. The minimum Gasteiger partial charge on any atom is -1.00 e. The summed E-state index contributed by atoms with van der Waals surface area (Å²) < 4.78 is 5.03. The molecular formula is C26H52CaO4. The summed E-state index contributed by atoms with van der Waals surface area (Å²) in [5.74, 6) is -1.35. The number of hydrogen-bond donors (Lipinski definition) is 1. The SMILES string of the molecule is CCCCCCCCCCCCCCCCCCCCCCOC(=O)CCC(=O)O.[Ca+2].[H-].[H-]. The maximum Gasteiger partial charge on any atom is 2.00 e. The summed E-state index contributed by atoms with van der Waals surface area (Å²) in [6, 6.07) is 0. The number of aliphatic carboxylic acids is 1. The Hall–Kier alpha value is 0.200. The van der Waals surface area contributed by atoms with Crippen molar-refractivity contribution >= 4 is 49.7 Å². The molecule has 0 amide bonds. The second kappa shape index (κ2) is 28.2. The Labute approximate surface area is 225 Å². The third-order valence-electron chi connectivity index (χ3n) is 5.80. The summed E-state index contributed by atoms with van der Waals surface area (Å²) in [5.41, 5.74) is 0. The Morgan fingerprint density at radius 3 is 1.23 bits per heavy atom. The predicted molar refractivity (Wildman–Crippen MR) is 134 cm³/mol. The van der Waals surface area contributed by atoms with Gasteiger partial charge < -0.3 is 12.7 Å². The van der Waals surface area contributed by atoms with E-state index in [-0.39, 0.29) is 53.4 Å². The molecule has 0 aliphatic rings. The largest absolute Gasteiger partial charge is 2.00 e. The van der Waals surface area contributed by atoms with Crippen LogP contribution in [0, 0.1) is 0 Å². The molecule has 31 heavy (non-hydrogen) atoms. The molecule has 0 aromatic carbocycles. The Morgan fingerprint density at radius 2 is 0.903 bits per heavy atom. The van der Waals surface area contributed by atoms with Crippen LogP contribution in [-0.2, 0) is 14.3 Å². The molecule has 0 aliphatic heterocycles. The van der Waals surface area contributed by atoms with Crippen LogP contribution in [0.3, 0.4) is 0 Å². The topological polar surface area (TPSA) is 63.6 Å². The Kier molecular flexibility index (Phi) is 30.4. The zero-order valence-corrected chi connectivity index (χ0v) is 22.9. The number of unbranched alkanes of at least 4 members (excludes halogenated alkanes) is 19. The van der Waals surface area contributed by atoms with Crippen molar-refractivity contribution in [3.05, 3.63) is 0 Å². The number of rotatable bonds is 24. The third-order valence-corrected chi connectivity index (χ3v) is 5.80. The van der Waals surface area contributed by atoms with E-state index in [1.807, 2.05) is 0 Å². The number of carboxylic acids is 1. The standard InChI is InChI=1S/C26H50O4.Ca.2H/c1-2-3-4-5-6-7-8-9-10-11-12-13-14-15-16-17-18-19-20-21-24-30-26(29)23-22-25(27)28;;;/h2-24H2,1H3,(H,27,28);;;/q;+2;2*-1. The number of esters is 1. The maximum absolute atomic E-state index is 11.3. The predicted octanol–water partition coefficient (Wildman–Crippen LogP) is 8.06. The molecule has 0 rings (SSSR count). The molecule has 4 nitrogen and oxygen atoms in total. The van der Waals surface area contributed by atoms with Crippen molar-refractivity contribution in [3.63, 3.8) is 0 Å². The first-order valence-corrected chi connectivity index (χ1v) is 13.0. The van der Waals surface area contributed by atoms with Gasteiger partial charge in [-0.3, -0.25) is 9.59 Å². The first-order valence-electron chi connectivity index (χ1n) is 13.0. The van der Waals surface area contributed by atoms with E-state index in [0.29, 0.717) is 6.61 Å². The van der Waals surface area contributed by atoms with Gasteiger partial charge in [-0.1, -0.05) is 129 Å². The zero-order valence-electron chi connectivity index (χ0n) is 22.6. The summed E-state index contributed by atoms with van der Waals surface area (Å²) in [4.78, 5) is 21.6. The molecule has 0 aromatic heterocycles. The van der Waals surface area contributed by atoms with Gasteiger partial charge in [-0.15, -0.1) is 0 Å². The van der Waals surface area contributed by atoms with Crippen molar-refractivity contribution in [3.8, 4) is 0 Å². The molecular weight excluding hydrogens is 416 g/mol. The zero-order chi connectivity index (χ0) is 22.1. The van der Waals surface area contributed by atoms with Crippen molar-refractivity contribution in [1.82, 2.24) is 0 Å². The van der Waals surface area contributed by atoms with Crippen LogP contribution in [0.15, 0.2) is 0 Å². The van der Waals surface area contributed by atoms with Crippen LogP contribution in [0.5, 0.6) is 0 Å². The molecule has 0 bridgehead atoms. The van der Waals surface area contributed by atoms with E-state index in [4.69, 9.17) is 9.84 Å². The van der Waals surface area contributed by atoms with Crippen molar-refractivity contribution < 1.29 is 22.3 Å². The van der Waals surface area contributed by atoms with Crippen molar-refractivity contribution in [2.75, 3.05) is 6.61 Å². The van der Waals surface area contributed by atoms with Gasteiger partial charge in [0.05, 0.1) is 19.4 Å². The van der Waals surface area contributed by atoms with E-state index in [2.05, 4.69) is 6.92 Å². The van der Waals surface area contributed by atoms with Gasteiger partial charge in [0.1, 0.15) is 0 Å². The van der Waals surface area contributed by atoms with Gasteiger partial charge in [-0.2, -0.15) is 0 Å². The fourth-order valence-corrected chi connectivity index (χ4v) is 3.82. The van der Waals surface area contributed by atoms with Gasteiger partial charge in [0.25, 0.3) is 0 Å². The molecule has 0 saturated heterocycles. The van der Waals surface area contributed by atoms with Crippen molar-refractivity contribution in [2.24, 2.45) is 0 Å². The van der Waals surface area contributed by atoms with E-state index in [1.54, 1.807) is 0 Å². The molecule has 0 aromatic rings. The summed E-state index contributed by atoms with van der Waals surface area (Å²) in [5, 5.41) is 8.50. The molecule has 0 unspecified atom stereocenters. The molecule has 1 N–H and O–H groups in total. The van der Waals surface area contributed by atoms with E-state index in [9.17, 15) is 9.59 Å². The first-order chi connectivity index (χ1) is 14.7. The first kappa shape index (κ1) is 33.4. The normalized spacial score (nSPS) is 10.6. The Balaban J connectivity index is -0.00000140. The Morgan fingerprint density at radius 1 is 0.581 bits per heavy atom. The monoisotopic (exact) mass is 468 g/mol. The molecule has 0 fully saturated rings. The average molecular weight is 469 g/mol. The van der Waals surface area contributed by atoms with E-state index in [0.717, 1.165) is 12.8 Å². The molecule has 182 valence electrons. The van der Waals surface area contributed by atoms with Crippen LogP contribution in [0.25, 0.3) is 0 Å². The van der Waals surface area contributed by atoms with E-state index < -0.39 is 11.9 Å². The number of carboxylic acid groups (broad SMARTS) is 1. The second-order valence-corrected chi connectivity index (χ2v) is 8.83. The summed E-state index contributed by atoms with van der Waals surface area (Å²) in [6.07, 6.45) is 26.8. The minimum absolute atomic E-state index is 0. The molecule has 5 heteroatoms. The molecule has 0 spiro atoms. The Bertz CT molecular complexity index is 398. The minimum atomic E-state index is -0.953. The van der Waals surface area contributed by atoms with Crippen LogP contribution in [0.2, 0.25) is 0 Å². The number of ether oxygens (including phenoxy) is 1. The number of hydrogen-bond acceptors (Lipinski definition) is 3. The molecule has 0 radical (unpaired) electrons. The second-order valence-electron chi connectivity index (χ2n) is 8.83. The average Bonchev–Trinajstić information content (AvgIpc) is 2.73. The number of carbonyl (C=O) groups excluding carboxylic acids is 1. The van der Waals surface area contributed by atoms with Gasteiger partial charge in [-0.05, 0) is 6.42 Å². The van der Waals surface area contributed by atoms with E-state index >= 15 is 0 Å². The van der Waals surface area contributed by atoms with Gasteiger partial charge >= 0.3 is 49.7 Å². The van der Waals surface area contributed by atoms with Crippen LogP contribution in [-0.4, -0.2) is 61.4 Å². The fourth-order valence-electron chi connectivity index (χ4n) is 3.82. The van der Waals surface area contributed by atoms with Gasteiger partial charge in [0, 0.05) is 0 Å². The molecule has 0 atom stereocenters. The third kappa shape index (κ3) is 30.2. The van der Waals surface area contributed by atoms with Crippen LogP contribution < -0.4 is 0 Å². The summed E-state index contributed by atoms with van der Waals surface area (Å²) >= 11 is 0. The smallest absolute Gasteiger partial charge is 1.00 e. The van der Waals surface area contributed by atoms with Crippen molar-refractivity contribution in [2.45, 2.75) is 148 Å². The van der Waals surface area contributed by atoms with Crippen LogP contribution >= 0.6 is 0 Å². The fraction of sp³-hybridized carbons (Fsp3) is 0.923. The number of carbonyl (C=O) groups is 2. The van der Waals surface area contributed by atoms with Gasteiger partial charge in [0.2, 0.25) is 0 Å². The molecule has 0 heterocycles. The molecule has 0 saturated carbocycles. The van der Waals surface area contributed by atoms with Gasteiger partial charge in [0.15, 0.2) is 0 Å². The summed E-state index contributed by atoms with van der Waals surface area (Å²) in [7, 11) is 0. The van der Waals surface area contributed by atoms with Gasteiger partial charge in [-0.25, -0.2) is 0 Å². The van der Waals surface area contributed by atoms with Crippen LogP contribution in [0.4, 0.5) is 0 Å². The molecule has 0 aliphatic carbocycles. The van der Waals surface area contributed by atoms with E-state index in [1.165, 1.54) is 116 Å². The summed E-state index contributed by atoms with van der Waals surface area (Å²) in [6.45, 7) is 2.71. The van der Waals surface area contributed by atoms with Crippen LogP contribution in [0.1, 0.15) is 151 Å². The van der Waals surface area contributed by atoms with Crippen molar-refractivity contribution in [1.29, 1.82) is 0 Å². The maximum atomic E-state index is 11.3.